The van der Waals surface area contributed by atoms with E-state index < -0.39 is 11.9 Å². The Morgan fingerprint density at radius 2 is 1.32 bits per heavy atom. The van der Waals surface area contributed by atoms with Gasteiger partial charge in [-0.3, -0.25) is 4.90 Å². The van der Waals surface area contributed by atoms with Crippen LogP contribution in [0.1, 0.15) is 46.6 Å². The molecule has 6 nitrogen and oxygen atoms in total. The highest BCUT2D eigenvalue weighted by molar-refractivity contribution is 6.27. The Balaban J connectivity index is 0.000000480. The summed E-state index contributed by atoms with van der Waals surface area (Å²) in [7, 11) is 0. The Hall–Kier alpha value is -3.48. The minimum absolute atomic E-state index is 0.258. The van der Waals surface area contributed by atoms with E-state index >= 15 is 0 Å². The van der Waals surface area contributed by atoms with Crippen molar-refractivity contribution in [1.29, 1.82) is 0 Å². The summed E-state index contributed by atoms with van der Waals surface area (Å²) in [6.45, 7) is 7.43. The van der Waals surface area contributed by atoms with Crippen LogP contribution in [0.15, 0.2) is 78.9 Å². The molecular weight excluding hydrogens is 466 g/mol. The van der Waals surface area contributed by atoms with Gasteiger partial charge in [0.25, 0.3) is 0 Å². The minimum atomic E-state index is -1.82. The molecule has 3 saturated heterocycles. The number of fused-ring (bicyclic) bond motifs is 3. The molecular formula is C31H35NO5. The van der Waals surface area contributed by atoms with Gasteiger partial charge in [0.15, 0.2) is 0 Å². The first kappa shape index (κ1) is 26.6. The van der Waals surface area contributed by atoms with Gasteiger partial charge in [0.1, 0.15) is 0 Å². The highest BCUT2D eigenvalue weighted by Gasteiger charge is 2.47. The van der Waals surface area contributed by atoms with Crippen LogP contribution in [0.4, 0.5) is 0 Å². The van der Waals surface area contributed by atoms with Crippen molar-refractivity contribution >= 4 is 11.9 Å². The Kier molecular flexibility index (Phi) is 8.74. The van der Waals surface area contributed by atoms with Crippen molar-refractivity contribution in [1.82, 2.24) is 4.90 Å². The van der Waals surface area contributed by atoms with Gasteiger partial charge in [-0.2, -0.15) is 0 Å². The number of ether oxygens (including phenoxy) is 1. The quantitative estimate of drug-likeness (QED) is 0.448. The van der Waals surface area contributed by atoms with Crippen molar-refractivity contribution in [2.45, 2.75) is 51.4 Å². The zero-order chi connectivity index (χ0) is 26.4. The van der Waals surface area contributed by atoms with Crippen LogP contribution in [0.2, 0.25) is 0 Å². The monoisotopic (exact) mass is 501 g/mol. The summed E-state index contributed by atoms with van der Waals surface area (Å²) in [5, 5.41) is 14.8. The molecule has 3 aliphatic rings. The number of aliphatic carboxylic acids is 2. The predicted molar refractivity (Wildman–Crippen MR) is 143 cm³/mol. The van der Waals surface area contributed by atoms with Crippen LogP contribution >= 0.6 is 0 Å². The third-order valence-corrected chi connectivity index (χ3v) is 7.36. The first-order valence-corrected chi connectivity index (χ1v) is 12.8. The molecule has 0 aliphatic carbocycles. The number of carboxylic acid groups (broad SMARTS) is 2. The molecule has 6 heteroatoms. The average Bonchev–Trinajstić information content (AvgIpc) is 2.90. The van der Waals surface area contributed by atoms with E-state index in [1.165, 1.54) is 53.7 Å². The molecule has 3 aromatic carbocycles. The topological polar surface area (TPSA) is 87.1 Å². The van der Waals surface area contributed by atoms with Crippen molar-refractivity contribution in [3.05, 3.63) is 107 Å². The van der Waals surface area contributed by atoms with Crippen LogP contribution in [-0.2, 0) is 20.9 Å². The second kappa shape index (κ2) is 12.2. The Bertz CT molecular complexity index is 1120. The number of rotatable bonds is 6. The maximum absolute atomic E-state index is 9.10. The smallest absolute Gasteiger partial charge is 0.414 e. The number of carbonyl (C=O) groups is 2. The zero-order valence-electron chi connectivity index (χ0n) is 21.4. The molecule has 2 atom stereocenters. The summed E-state index contributed by atoms with van der Waals surface area (Å²) in [6.07, 6.45) is 2.77. The van der Waals surface area contributed by atoms with Crippen LogP contribution in [0.3, 0.4) is 0 Å². The van der Waals surface area contributed by atoms with Crippen LogP contribution in [-0.4, -0.2) is 52.3 Å². The van der Waals surface area contributed by atoms with Gasteiger partial charge in [-0.05, 0) is 62.4 Å². The van der Waals surface area contributed by atoms with Gasteiger partial charge in [-0.15, -0.1) is 0 Å². The lowest BCUT2D eigenvalue weighted by Gasteiger charge is -2.53. The summed E-state index contributed by atoms with van der Waals surface area (Å²) < 4.78 is 6.81. The molecule has 0 radical (unpaired) electrons. The molecule has 0 saturated carbocycles. The molecule has 0 unspecified atom stereocenters. The lowest BCUT2D eigenvalue weighted by molar-refractivity contribution is -0.159. The fraction of sp³-hybridized carbons (Fsp3) is 0.355. The van der Waals surface area contributed by atoms with Gasteiger partial charge in [0.2, 0.25) is 0 Å². The zero-order valence-corrected chi connectivity index (χ0v) is 21.4. The summed E-state index contributed by atoms with van der Waals surface area (Å²) in [6, 6.07) is 29.3. The van der Waals surface area contributed by atoms with E-state index in [1.54, 1.807) is 0 Å². The maximum atomic E-state index is 9.10. The van der Waals surface area contributed by atoms with Gasteiger partial charge in [0.05, 0.1) is 12.7 Å². The Labute approximate surface area is 218 Å². The van der Waals surface area contributed by atoms with Crippen LogP contribution < -0.4 is 0 Å². The fourth-order valence-corrected chi connectivity index (χ4v) is 5.92. The molecule has 2 bridgehead atoms. The lowest BCUT2D eigenvalue weighted by Crippen LogP contribution is -2.60. The molecule has 0 amide bonds. The summed E-state index contributed by atoms with van der Waals surface area (Å²) in [5.74, 6) is -2.67. The number of aryl methyl sites for hydroxylation is 2. The predicted octanol–water partition coefficient (Wildman–Crippen LogP) is 5.27. The van der Waals surface area contributed by atoms with E-state index in [0.29, 0.717) is 24.5 Å². The van der Waals surface area contributed by atoms with Gasteiger partial charge in [0, 0.05) is 12.0 Å². The van der Waals surface area contributed by atoms with E-state index in [1.807, 2.05) is 0 Å². The van der Waals surface area contributed by atoms with Gasteiger partial charge in [-0.25, -0.2) is 9.59 Å². The van der Waals surface area contributed by atoms with E-state index in [4.69, 9.17) is 24.5 Å². The largest absolute Gasteiger partial charge is 0.473 e. The highest BCUT2D eigenvalue weighted by Crippen LogP contribution is 2.43. The molecule has 3 heterocycles. The number of hydrogen-bond donors (Lipinski definition) is 2. The summed E-state index contributed by atoms with van der Waals surface area (Å²) >= 11 is 0. The molecule has 3 aliphatic heterocycles. The first-order valence-electron chi connectivity index (χ1n) is 12.8. The molecule has 37 heavy (non-hydrogen) atoms. The Morgan fingerprint density at radius 1 is 0.838 bits per heavy atom. The number of benzene rings is 3. The third kappa shape index (κ3) is 6.64. The third-order valence-electron chi connectivity index (χ3n) is 7.36. The van der Waals surface area contributed by atoms with Crippen molar-refractivity contribution in [3.8, 4) is 0 Å². The molecule has 6 rings (SSSR count). The average molecular weight is 502 g/mol. The van der Waals surface area contributed by atoms with E-state index in [2.05, 4.69) is 97.6 Å². The summed E-state index contributed by atoms with van der Waals surface area (Å²) in [5.41, 5.74) is 6.71. The van der Waals surface area contributed by atoms with E-state index in [-0.39, 0.29) is 6.10 Å². The molecule has 194 valence electrons. The Morgan fingerprint density at radius 3 is 1.78 bits per heavy atom. The minimum Gasteiger partial charge on any atom is -0.473 e. The van der Waals surface area contributed by atoms with Crippen molar-refractivity contribution < 1.29 is 24.5 Å². The SMILES string of the molecule is Cc1cc(C)cc(CO[C@@H]2C3CCN(CC3)[C@@H]2C(c2ccccc2)c2ccccc2)c1.O=C(O)C(=O)O. The number of piperidine rings is 3. The van der Waals surface area contributed by atoms with Gasteiger partial charge >= 0.3 is 11.9 Å². The highest BCUT2D eigenvalue weighted by atomic mass is 16.5. The molecule has 0 spiro atoms. The molecule has 3 fully saturated rings. The second-order valence-corrected chi connectivity index (χ2v) is 10.0. The van der Waals surface area contributed by atoms with Crippen molar-refractivity contribution in [2.75, 3.05) is 13.1 Å². The maximum Gasteiger partial charge on any atom is 0.414 e. The van der Waals surface area contributed by atoms with E-state index in [9.17, 15) is 0 Å². The fourth-order valence-electron chi connectivity index (χ4n) is 5.92. The normalized spacial score (nSPS) is 22.2. The summed E-state index contributed by atoms with van der Waals surface area (Å²) in [4.78, 5) is 20.9. The lowest BCUT2D eigenvalue weighted by atomic mass is 9.72. The molecule has 0 aromatic heterocycles. The first-order chi connectivity index (χ1) is 17.8. The van der Waals surface area contributed by atoms with Crippen molar-refractivity contribution in [3.63, 3.8) is 0 Å². The van der Waals surface area contributed by atoms with E-state index in [0.717, 1.165) is 0 Å². The number of nitrogens with zero attached hydrogens (tertiary/aromatic N) is 1. The van der Waals surface area contributed by atoms with Crippen molar-refractivity contribution in [2.24, 2.45) is 5.92 Å². The standard InChI is InChI=1S/C29H33NO.C2H2O4/c1-21-17-22(2)19-23(18-21)20-31-29-26-13-15-30(16-14-26)28(29)27(24-9-5-3-6-10-24)25-11-7-4-8-12-25;3-1(4)2(5)6/h3-12,17-19,26-29H,13-16,20H2,1-2H3;(H,3,4)(H,5,6)/t28-,29-;/m1./s1. The van der Waals surface area contributed by atoms with Crippen LogP contribution in [0.5, 0.6) is 0 Å². The number of carboxylic acids is 2. The second-order valence-electron chi connectivity index (χ2n) is 10.0. The van der Waals surface area contributed by atoms with Crippen LogP contribution in [0, 0.1) is 19.8 Å². The number of hydrogen-bond acceptors (Lipinski definition) is 4. The molecule has 3 aromatic rings. The van der Waals surface area contributed by atoms with Gasteiger partial charge < -0.3 is 14.9 Å². The molecule has 2 N–H and O–H groups in total. The van der Waals surface area contributed by atoms with Gasteiger partial charge in [-0.1, -0.05) is 90.0 Å². The van der Waals surface area contributed by atoms with Crippen LogP contribution in [0.25, 0.3) is 0 Å².